The molecule has 1 saturated heterocycles. The Labute approximate surface area is 83.6 Å². The number of carbonyl (C=O) groups is 2. The van der Waals surface area contributed by atoms with Gasteiger partial charge in [0.1, 0.15) is 12.1 Å². The second kappa shape index (κ2) is 4.14. The number of rotatable bonds is 1. The fourth-order valence-electron chi connectivity index (χ4n) is 1.36. The molecule has 76 valence electrons. The quantitative estimate of drug-likeness (QED) is 0.585. The van der Waals surface area contributed by atoms with Gasteiger partial charge in [-0.3, -0.25) is 9.59 Å². The highest BCUT2D eigenvalue weighted by molar-refractivity contribution is 5.96. The standard InChI is InChI=1S/C10H14N2O2/c1-4-5-6-12-8(3)9(13)11-7(2)10(12)14/h7-8H,6H2,1-3H3,(H,11,13). The van der Waals surface area contributed by atoms with Crippen molar-refractivity contribution in [2.45, 2.75) is 32.9 Å². The Morgan fingerprint density at radius 3 is 2.64 bits per heavy atom. The smallest absolute Gasteiger partial charge is 0.246 e. The number of nitrogens with zero attached hydrogens (tertiary/aromatic N) is 1. The first-order valence-electron chi connectivity index (χ1n) is 4.58. The first kappa shape index (κ1) is 10.6. The molecule has 4 heteroatoms. The van der Waals surface area contributed by atoms with Gasteiger partial charge in [-0.1, -0.05) is 5.92 Å². The predicted molar refractivity (Wildman–Crippen MR) is 52.2 cm³/mol. The van der Waals surface area contributed by atoms with Gasteiger partial charge in [0.05, 0.1) is 6.54 Å². The van der Waals surface area contributed by atoms with E-state index in [-0.39, 0.29) is 11.8 Å². The van der Waals surface area contributed by atoms with Crippen LogP contribution in [0, 0.1) is 11.8 Å². The summed E-state index contributed by atoms with van der Waals surface area (Å²) in [5.41, 5.74) is 0. The third-order valence-corrected chi connectivity index (χ3v) is 2.29. The van der Waals surface area contributed by atoms with E-state index in [9.17, 15) is 9.59 Å². The summed E-state index contributed by atoms with van der Waals surface area (Å²) in [6, 6.07) is -0.850. The number of nitrogens with one attached hydrogen (secondary N) is 1. The third kappa shape index (κ3) is 1.87. The van der Waals surface area contributed by atoms with E-state index >= 15 is 0 Å². The van der Waals surface area contributed by atoms with Crippen LogP contribution >= 0.6 is 0 Å². The van der Waals surface area contributed by atoms with Crippen molar-refractivity contribution >= 4 is 11.8 Å². The van der Waals surface area contributed by atoms with Crippen LogP contribution in [0.15, 0.2) is 0 Å². The van der Waals surface area contributed by atoms with Gasteiger partial charge in [-0.15, -0.1) is 5.92 Å². The van der Waals surface area contributed by atoms with Gasteiger partial charge in [-0.2, -0.15) is 0 Å². The summed E-state index contributed by atoms with van der Waals surface area (Å²) in [5, 5.41) is 2.61. The van der Waals surface area contributed by atoms with Gasteiger partial charge in [0.2, 0.25) is 11.8 Å². The maximum atomic E-state index is 11.6. The highest BCUT2D eigenvalue weighted by Crippen LogP contribution is 2.08. The minimum atomic E-state index is -0.433. The molecule has 1 rings (SSSR count). The maximum Gasteiger partial charge on any atom is 0.246 e. The molecular weight excluding hydrogens is 180 g/mol. The summed E-state index contributed by atoms with van der Waals surface area (Å²) >= 11 is 0. The minimum absolute atomic E-state index is 0.0696. The van der Waals surface area contributed by atoms with Gasteiger partial charge in [-0.25, -0.2) is 0 Å². The third-order valence-electron chi connectivity index (χ3n) is 2.29. The zero-order valence-electron chi connectivity index (χ0n) is 8.63. The molecule has 0 radical (unpaired) electrons. The second-order valence-corrected chi connectivity index (χ2v) is 3.30. The molecule has 2 amide bonds. The summed E-state index contributed by atoms with van der Waals surface area (Å²) < 4.78 is 0. The van der Waals surface area contributed by atoms with E-state index in [1.807, 2.05) is 0 Å². The van der Waals surface area contributed by atoms with Gasteiger partial charge in [0.25, 0.3) is 0 Å². The molecule has 4 nitrogen and oxygen atoms in total. The Hall–Kier alpha value is -1.50. The molecule has 0 aromatic heterocycles. The first-order chi connectivity index (χ1) is 6.57. The Morgan fingerprint density at radius 2 is 2.07 bits per heavy atom. The van der Waals surface area contributed by atoms with Crippen LogP contribution in [0.1, 0.15) is 20.8 Å². The molecular formula is C10H14N2O2. The van der Waals surface area contributed by atoms with Crippen molar-refractivity contribution in [1.29, 1.82) is 0 Å². The highest BCUT2D eigenvalue weighted by Gasteiger charge is 2.34. The van der Waals surface area contributed by atoms with E-state index in [0.29, 0.717) is 6.54 Å². The molecule has 1 aliphatic heterocycles. The molecule has 1 aliphatic rings. The molecule has 1 fully saturated rings. The fourth-order valence-corrected chi connectivity index (χ4v) is 1.36. The fraction of sp³-hybridized carbons (Fsp3) is 0.600. The Kier molecular flexibility index (Phi) is 3.13. The molecule has 0 aromatic rings. The normalized spacial score (nSPS) is 26.6. The molecule has 2 atom stereocenters. The van der Waals surface area contributed by atoms with Crippen LogP contribution < -0.4 is 5.32 Å². The SMILES string of the molecule is CC#CCN1C(=O)C(C)NC(=O)C1C. The lowest BCUT2D eigenvalue weighted by atomic mass is 10.1. The molecule has 14 heavy (non-hydrogen) atoms. The summed E-state index contributed by atoms with van der Waals surface area (Å²) in [6.45, 7) is 5.42. The van der Waals surface area contributed by atoms with E-state index in [2.05, 4.69) is 17.2 Å². The average molecular weight is 194 g/mol. The van der Waals surface area contributed by atoms with Crippen molar-refractivity contribution in [1.82, 2.24) is 10.2 Å². The van der Waals surface area contributed by atoms with Gasteiger partial charge in [0, 0.05) is 0 Å². The van der Waals surface area contributed by atoms with Crippen LogP contribution in [0.5, 0.6) is 0 Å². The van der Waals surface area contributed by atoms with E-state index < -0.39 is 12.1 Å². The van der Waals surface area contributed by atoms with E-state index in [4.69, 9.17) is 0 Å². The van der Waals surface area contributed by atoms with Crippen molar-refractivity contribution in [3.63, 3.8) is 0 Å². The number of piperazine rings is 1. The number of hydrogen-bond donors (Lipinski definition) is 1. The molecule has 0 saturated carbocycles. The minimum Gasteiger partial charge on any atom is -0.343 e. The molecule has 0 bridgehead atoms. The number of carbonyl (C=O) groups excluding carboxylic acids is 2. The van der Waals surface area contributed by atoms with Gasteiger partial charge >= 0.3 is 0 Å². The molecule has 0 aliphatic carbocycles. The Balaban J connectivity index is 2.80. The maximum absolute atomic E-state index is 11.6. The second-order valence-electron chi connectivity index (χ2n) is 3.30. The van der Waals surface area contributed by atoms with Crippen LogP contribution in [0.4, 0.5) is 0 Å². The summed E-state index contributed by atoms with van der Waals surface area (Å²) in [6.07, 6.45) is 0. The number of amides is 2. The Bertz CT molecular complexity index is 314. The zero-order valence-corrected chi connectivity index (χ0v) is 8.63. The monoisotopic (exact) mass is 194 g/mol. The van der Waals surface area contributed by atoms with Crippen molar-refractivity contribution in [3.05, 3.63) is 0 Å². The van der Waals surface area contributed by atoms with Crippen molar-refractivity contribution < 1.29 is 9.59 Å². The van der Waals surface area contributed by atoms with E-state index in [0.717, 1.165) is 0 Å². The van der Waals surface area contributed by atoms with Crippen molar-refractivity contribution in [2.75, 3.05) is 6.54 Å². The first-order valence-corrected chi connectivity index (χ1v) is 4.58. The largest absolute Gasteiger partial charge is 0.343 e. The lowest BCUT2D eigenvalue weighted by molar-refractivity contribution is -0.147. The molecule has 1 heterocycles. The van der Waals surface area contributed by atoms with Gasteiger partial charge in [-0.05, 0) is 20.8 Å². The van der Waals surface area contributed by atoms with Crippen LogP contribution in [0.2, 0.25) is 0 Å². The predicted octanol–water partition coefficient (Wildman–Crippen LogP) is -0.255. The van der Waals surface area contributed by atoms with Crippen molar-refractivity contribution in [2.24, 2.45) is 0 Å². The average Bonchev–Trinajstić information content (AvgIpc) is 2.15. The van der Waals surface area contributed by atoms with E-state index in [1.165, 1.54) is 4.90 Å². The lowest BCUT2D eigenvalue weighted by Gasteiger charge is -2.34. The van der Waals surface area contributed by atoms with Crippen LogP contribution in [0.3, 0.4) is 0 Å². The summed E-state index contributed by atoms with van der Waals surface area (Å²) in [7, 11) is 0. The zero-order chi connectivity index (χ0) is 10.7. The highest BCUT2D eigenvalue weighted by atomic mass is 16.2. The van der Waals surface area contributed by atoms with Crippen LogP contribution in [0.25, 0.3) is 0 Å². The molecule has 1 N–H and O–H groups in total. The van der Waals surface area contributed by atoms with Gasteiger partial charge in [0.15, 0.2) is 0 Å². The molecule has 2 unspecified atom stereocenters. The van der Waals surface area contributed by atoms with Crippen LogP contribution in [-0.2, 0) is 9.59 Å². The number of hydrogen-bond acceptors (Lipinski definition) is 2. The van der Waals surface area contributed by atoms with Crippen LogP contribution in [-0.4, -0.2) is 35.3 Å². The van der Waals surface area contributed by atoms with Gasteiger partial charge < -0.3 is 10.2 Å². The Morgan fingerprint density at radius 1 is 1.43 bits per heavy atom. The lowest BCUT2D eigenvalue weighted by Crippen LogP contribution is -2.61. The van der Waals surface area contributed by atoms with E-state index in [1.54, 1.807) is 20.8 Å². The van der Waals surface area contributed by atoms with Crippen molar-refractivity contribution in [3.8, 4) is 11.8 Å². The summed E-state index contributed by atoms with van der Waals surface area (Å²) in [5.74, 6) is 5.32. The molecule has 0 spiro atoms. The molecule has 0 aromatic carbocycles. The summed E-state index contributed by atoms with van der Waals surface area (Å²) in [4.78, 5) is 24.5. The topological polar surface area (TPSA) is 49.4 Å².